The van der Waals surface area contributed by atoms with Gasteiger partial charge in [-0.2, -0.15) is 0 Å². The van der Waals surface area contributed by atoms with Crippen LogP contribution in [0.15, 0.2) is 48.5 Å². The Kier molecular flexibility index (Phi) is 5.12. The van der Waals surface area contributed by atoms with Gasteiger partial charge in [0.2, 0.25) is 0 Å². The maximum absolute atomic E-state index is 12.4. The summed E-state index contributed by atoms with van der Waals surface area (Å²) in [4.78, 5) is 51.7. The highest BCUT2D eigenvalue weighted by molar-refractivity contribution is 6.21. The number of esters is 1. The molecule has 0 aromatic heterocycles. The van der Waals surface area contributed by atoms with Crippen molar-refractivity contribution in [3.8, 4) is 0 Å². The number of para-hydroxylation sites is 1. The van der Waals surface area contributed by atoms with Gasteiger partial charge in [-0.05, 0) is 36.6 Å². The van der Waals surface area contributed by atoms with Gasteiger partial charge in [-0.15, -0.1) is 0 Å². The topological polar surface area (TPSA) is 84.0 Å². The number of nitrogens with zero attached hydrogens (tertiary/aromatic N) is 2. The van der Waals surface area contributed by atoms with E-state index in [9.17, 15) is 19.2 Å². The summed E-state index contributed by atoms with van der Waals surface area (Å²) in [5, 5.41) is 0. The predicted octanol–water partition coefficient (Wildman–Crippen LogP) is 2.20. The van der Waals surface area contributed by atoms with Crippen LogP contribution in [0.4, 0.5) is 5.69 Å². The Labute approximate surface area is 167 Å². The Bertz CT molecular complexity index is 965. The van der Waals surface area contributed by atoms with Crippen molar-refractivity contribution in [2.75, 3.05) is 24.6 Å². The number of imide groups is 1. The molecule has 2 aromatic carbocycles. The van der Waals surface area contributed by atoms with Crippen molar-refractivity contribution in [3.63, 3.8) is 0 Å². The monoisotopic (exact) mass is 392 g/mol. The van der Waals surface area contributed by atoms with Gasteiger partial charge in [0.05, 0.1) is 11.1 Å². The van der Waals surface area contributed by atoms with Gasteiger partial charge in [0, 0.05) is 25.2 Å². The summed E-state index contributed by atoms with van der Waals surface area (Å²) in [5.74, 6) is -1.48. The Hall–Kier alpha value is -3.48. The summed E-state index contributed by atoms with van der Waals surface area (Å²) in [6, 6.07) is 14.3. The smallest absolute Gasteiger partial charge is 0.306 e. The molecular formula is C22H20N2O5. The zero-order chi connectivity index (χ0) is 20.4. The number of rotatable bonds is 6. The molecule has 0 spiro atoms. The third kappa shape index (κ3) is 3.63. The van der Waals surface area contributed by atoms with Crippen LogP contribution >= 0.6 is 0 Å². The van der Waals surface area contributed by atoms with Gasteiger partial charge < -0.3 is 9.64 Å². The second-order valence-electron chi connectivity index (χ2n) is 7.00. The molecule has 7 nitrogen and oxygen atoms in total. The van der Waals surface area contributed by atoms with Crippen molar-refractivity contribution < 1.29 is 23.9 Å². The molecule has 2 aromatic rings. The maximum atomic E-state index is 12.4. The van der Waals surface area contributed by atoms with Crippen LogP contribution in [0.3, 0.4) is 0 Å². The van der Waals surface area contributed by atoms with Crippen molar-refractivity contribution in [1.82, 2.24) is 4.90 Å². The molecule has 148 valence electrons. The molecule has 7 heteroatoms. The SMILES string of the molecule is O=C(CCCN1C(=O)c2ccccc2C1=O)OCC(=O)N1CCc2ccccc21. The van der Waals surface area contributed by atoms with E-state index in [-0.39, 0.29) is 43.7 Å². The quantitative estimate of drug-likeness (QED) is 0.556. The Balaban J connectivity index is 1.23. The predicted molar refractivity (Wildman–Crippen MR) is 105 cm³/mol. The lowest BCUT2D eigenvalue weighted by atomic mass is 10.1. The van der Waals surface area contributed by atoms with Crippen molar-refractivity contribution in [2.24, 2.45) is 0 Å². The maximum Gasteiger partial charge on any atom is 0.306 e. The van der Waals surface area contributed by atoms with Crippen LogP contribution in [-0.4, -0.2) is 48.3 Å². The van der Waals surface area contributed by atoms with E-state index in [0.29, 0.717) is 17.7 Å². The number of anilines is 1. The van der Waals surface area contributed by atoms with Crippen LogP contribution < -0.4 is 4.90 Å². The number of hydrogen-bond acceptors (Lipinski definition) is 5. The van der Waals surface area contributed by atoms with Gasteiger partial charge in [0.25, 0.3) is 17.7 Å². The third-order valence-electron chi connectivity index (χ3n) is 5.19. The normalized spacial score (nSPS) is 14.8. The second-order valence-corrected chi connectivity index (χ2v) is 7.00. The lowest BCUT2D eigenvalue weighted by Gasteiger charge is -2.17. The number of ether oxygens (including phenoxy) is 1. The highest BCUT2D eigenvalue weighted by Gasteiger charge is 2.34. The van der Waals surface area contributed by atoms with E-state index in [1.807, 2.05) is 24.3 Å². The molecule has 0 bridgehead atoms. The first kappa shape index (κ1) is 18.9. The number of carbonyl (C=O) groups excluding carboxylic acids is 4. The van der Waals surface area contributed by atoms with Crippen molar-refractivity contribution >= 4 is 29.4 Å². The molecule has 0 saturated carbocycles. The summed E-state index contributed by atoms with van der Waals surface area (Å²) < 4.78 is 5.09. The molecule has 29 heavy (non-hydrogen) atoms. The van der Waals surface area contributed by atoms with Gasteiger partial charge in [0.15, 0.2) is 6.61 Å². The number of hydrogen-bond donors (Lipinski definition) is 0. The first-order valence-electron chi connectivity index (χ1n) is 9.55. The first-order chi connectivity index (χ1) is 14.1. The van der Waals surface area contributed by atoms with E-state index in [4.69, 9.17) is 4.74 Å². The highest BCUT2D eigenvalue weighted by atomic mass is 16.5. The van der Waals surface area contributed by atoms with E-state index in [1.54, 1.807) is 29.2 Å². The van der Waals surface area contributed by atoms with Gasteiger partial charge >= 0.3 is 5.97 Å². The molecule has 0 N–H and O–H groups in total. The largest absolute Gasteiger partial charge is 0.456 e. The number of carbonyl (C=O) groups is 4. The Morgan fingerprint density at radius 1 is 0.931 bits per heavy atom. The Morgan fingerprint density at radius 2 is 1.59 bits per heavy atom. The van der Waals surface area contributed by atoms with Crippen LogP contribution in [0.25, 0.3) is 0 Å². The van der Waals surface area contributed by atoms with Crippen molar-refractivity contribution in [1.29, 1.82) is 0 Å². The molecule has 0 unspecified atom stereocenters. The fourth-order valence-corrected chi connectivity index (χ4v) is 3.71. The van der Waals surface area contributed by atoms with Crippen molar-refractivity contribution in [3.05, 3.63) is 65.2 Å². The van der Waals surface area contributed by atoms with Gasteiger partial charge in [-0.3, -0.25) is 24.1 Å². The standard InChI is InChI=1S/C22H20N2O5/c25-19(23-13-11-15-6-1-4-9-18(15)23)14-29-20(26)10-5-12-24-21(27)16-7-2-3-8-17(16)22(24)28/h1-4,6-9H,5,10-14H2. The third-order valence-corrected chi connectivity index (χ3v) is 5.19. The minimum absolute atomic E-state index is 0.0251. The summed E-state index contributed by atoms with van der Waals surface area (Å²) in [6.45, 7) is 0.393. The van der Waals surface area contributed by atoms with Gasteiger partial charge in [0.1, 0.15) is 0 Å². The average molecular weight is 392 g/mol. The number of amides is 3. The van der Waals surface area contributed by atoms with E-state index in [1.165, 1.54) is 0 Å². The number of benzene rings is 2. The summed E-state index contributed by atoms with van der Waals surface area (Å²) >= 11 is 0. The molecule has 0 aliphatic carbocycles. The molecule has 3 amide bonds. The van der Waals surface area contributed by atoms with E-state index in [2.05, 4.69) is 0 Å². The molecule has 0 saturated heterocycles. The lowest BCUT2D eigenvalue weighted by molar-refractivity contribution is -0.147. The fraction of sp³-hybridized carbons (Fsp3) is 0.273. The first-order valence-corrected chi connectivity index (χ1v) is 9.55. The average Bonchev–Trinajstić information content (AvgIpc) is 3.27. The fourth-order valence-electron chi connectivity index (χ4n) is 3.71. The van der Waals surface area contributed by atoms with Crippen LogP contribution in [0.2, 0.25) is 0 Å². The summed E-state index contributed by atoms with van der Waals surface area (Å²) in [6.07, 6.45) is 1.10. The molecule has 2 aliphatic heterocycles. The molecule has 0 atom stereocenters. The molecule has 4 rings (SSSR count). The molecule has 2 aliphatic rings. The lowest BCUT2D eigenvalue weighted by Crippen LogP contribution is -2.33. The van der Waals surface area contributed by atoms with Crippen LogP contribution in [0.1, 0.15) is 39.1 Å². The summed E-state index contributed by atoms with van der Waals surface area (Å²) in [7, 11) is 0. The van der Waals surface area contributed by atoms with E-state index < -0.39 is 5.97 Å². The molecule has 0 fully saturated rings. The molecule has 0 radical (unpaired) electrons. The minimum atomic E-state index is -0.526. The van der Waals surface area contributed by atoms with Crippen LogP contribution in [0, 0.1) is 0 Å². The van der Waals surface area contributed by atoms with E-state index >= 15 is 0 Å². The zero-order valence-electron chi connectivity index (χ0n) is 15.8. The second kappa shape index (κ2) is 7.87. The minimum Gasteiger partial charge on any atom is -0.456 e. The molecular weight excluding hydrogens is 372 g/mol. The van der Waals surface area contributed by atoms with Crippen LogP contribution in [-0.2, 0) is 20.7 Å². The van der Waals surface area contributed by atoms with Gasteiger partial charge in [-0.1, -0.05) is 30.3 Å². The highest BCUT2D eigenvalue weighted by Crippen LogP contribution is 2.27. The van der Waals surface area contributed by atoms with Crippen LogP contribution in [0.5, 0.6) is 0 Å². The summed E-state index contributed by atoms with van der Waals surface area (Å²) in [5.41, 5.74) is 2.74. The zero-order valence-corrected chi connectivity index (χ0v) is 15.8. The number of fused-ring (bicyclic) bond motifs is 2. The van der Waals surface area contributed by atoms with Crippen molar-refractivity contribution in [2.45, 2.75) is 19.3 Å². The Morgan fingerprint density at radius 3 is 2.31 bits per heavy atom. The molecule has 2 heterocycles. The van der Waals surface area contributed by atoms with Gasteiger partial charge in [-0.25, -0.2) is 0 Å². The van der Waals surface area contributed by atoms with E-state index in [0.717, 1.165) is 22.6 Å².